The molecular weight excluding hydrogens is 564 g/mol. The first kappa shape index (κ1) is 28.8. The van der Waals surface area contributed by atoms with Gasteiger partial charge >= 0.3 is 0 Å². The van der Waals surface area contributed by atoms with Crippen LogP contribution in [0.3, 0.4) is 0 Å². The molecule has 0 saturated heterocycles. The first-order chi connectivity index (χ1) is 22.1. The largest absolute Gasteiger partial charge is 0.457 e. The Bertz CT molecular complexity index is 1720. The molecule has 6 aromatic carbocycles. The summed E-state index contributed by atoms with van der Waals surface area (Å²) in [5.74, 6) is 3.47. The summed E-state index contributed by atoms with van der Waals surface area (Å²) in [6.45, 7) is 0. The summed E-state index contributed by atoms with van der Waals surface area (Å²) >= 11 is 0. The summed E-state index contributed by atoms with van der Waals surface area (Å²) < 4.78 is 17.5. The lowest BCUT2D eigenvalue weighted by molar-refractivity contribution is 0.101. The number of ether oxygens (including phenoxy) is 3. The van der Waals surface area contributed by atoms with Gasteiger partial charge in [-0.3, -0.25) is 9.59 Å². The molecule has 0 aliphatic carbocycles. The molecule has 0 saturated carbocycles. The summed E-state index contributed by atoms with van der Waals surface area (Å²) in [7, 11) is 0. The van der Waals surface area contributed by atoms with Crippen molar-refractivity contribution in [2.24, 2.45) is 0 Å². The van der Waals surface area contributed by atoms with Crippen molar-refractivity contribution in [3.8, 4) is 34.5 Å². The zero-order valence-electron chi connectivity index (χ0n) is 24.1. The lowest BCUT2D eigenvalue weighted by Crippen LogP contribution is -2.11. The number of rotatable bonds is 10. The highest BCUT2D eigenvalue weighted by Gasteiger charge is 2.10. The maximum absolute atomic E-state index is 12.8. The number of nitrogens with one attached hydrogen (secondary N) is 2. The van der Waals surface area contributed by atoms with Gasteiger partial charge in [0.25, 0.3) is 11.8 Å². The maximum Gasteiger partial charge on any atom is 0.255 e. The van der Waals surface area contributed by atoms with Crippen molar-refractivity contribution in [2.75, 3.05) is 10.6 Å². The Labute approximate surface area is 260 Å². The van der Waals surface area contributed by atoms with Crippen molar-refractivity contribution in [3.63, 3.8) is 0 Å². The first-order valence-electron chi connectivity index (χ1n) is 14.2. The lowest BCUT2D eigenvalue weighted by Gasteiger charge is -2.10. The molecule has 6 aromatic rings. The molecule has 0 aliphatic heterocycles. The van der Waals surface area contributed by atoms with Crippen molar-refractivity contribution in [2.45, 2.75) is 0 Å². The molecule has 7 heteroatoms. The van der Waals surface area contributed by atoms with Crippen LogP contribution in [0.2, 0.25) is 0 Å². The number of amides is 2. The van der Waals surface area contributed by atoms with Crippen molar-refractivity contribution in [1.29, 1.82) is 0 Å². The average molecular weight is 593 g/mol. The van der Waals surface area contributed by atoms with E-state index in [1.807, 2.05) is 60.7 Å². The van der Waals surface area contributed by atoms with Gasteiger partial charge in [-0.2, -0.15) is 0 Å². The van der Waals surface area contributed by atoms with E-state index in [4.69, 9.17) is 14.2 Å². The van der Waals surface area contributed by atoms with Gasteiger partial charge in [0.2, 0.25) is 0 Å². The van der Waals surface area contributed by atoms with E-state index in [2.05, 4.69) is 10.6 Å². The molecule has 2 N–H and O–H groups in total. The highest BCUT2D eigenvalue weighted by molar-refractivity contribution is 6.05. The van der Waals surface area contributed by atoms with Gasteiger partial charge in [0, 0.05) is 22.5 Å². The number of carbonyl (C=O) groups excluding carboxylic acids is 2. The van der Waals surface area contributed by atoms with Gasteiger partial charge in [-0.05, 0) is 121 Å². The van der Waals surface area contributed by atoms with Crippen molar-refractivity contribution >= 4 is 23.2 Å². The second-order valence-corrected chi connectivity index (χ2v) is 9.94. The molecule has 2 amide bonds. The van der Waals surface area contributed by atoms with Gasteiger partial charge < -0.3 is 24.8 Å². The summed E-state index contributed by atoms with van der Waals surface area (Å²) in [5.41, 5.74) is 2.27. The van der Waals surface area contributed by atoms with Crippen LogP contribution >= 0.6 is 0 Å². The molecule has 0 fully saturated rings. The highest BCUT2D eigenvalue weighted by Crippen LogP contribution is 2.26. The molecule has 6 rings (SSSR count). The molecule has 0 bridgehead atoms. The Balaban J connectivity index is 0.987. The summed E-state index contributed by atoms with van der Waals surface area (Å²) in [5, 5.41) is 5.77. The fourth-order valence-electron chi connectivity index (χ4n) is 4.35. The molecule has 0 spiro atoms. The molecule has 7 nitrogen and oxygen atoms in total. The fraction of sp³-hybridized carbons (Fsp3) is 0. The lowest BCUT2D eigenvalue weighted by atomic mass is 10.2. The van der Waals surface area contributed by atoms with E-state index < -0.39 is 0 Å². The van der Waals surface area contributed by atoms with E-state index in [0.29, 0.717) is 45.5 Å². The van der Waals surface area contributed by atoms with E-state index in [-0.39, 0.29) is 11.8 Å². The summed E-state index contributed by atoms with van der Waals surface area (Å²) in [6, 6.07) is 47.0. The maximum atomic E-state index is 12.8. The van der Waals surface area contributed by atoms with E-state index in [1.54, 1.807) is 97.1 Å². The zero-order chi connectivity index (χ0) is 30.8. The van der Waals surface area contributed by atoms with Crippen LogP contribution in [-0.4, -0.2) is 11.8 Å². The Morgan fingerprint density at radius 3 is 0.911 bits per heavy atom. The Hall–Kier alpha value is -6.34. The van der Waals surface area contributed by atoms with Gasteiger partial charge in [-0.15, -0.1) is 0 Å². The molecule has 0 unspecified atom stereocenters. The van der Waals surface area contributed by atoms with Crippen LogP contribution in [0.25, 0.3) is 0 Å². The van der Waals surface area contributed by atoms with Crippen LogP contribution in [0, 0.1) is 0 Å². The quantitative estimate of drug-likeness (QED) is 0.165. The van der Waals surface area contributed by atoms with E-state index in [0.717, 1.165) is 11.5 Å². The number of benzene rings is 6. The molecule has 0 heterocycles. The fourth-order valence-corrected chi connectivity index (χ4v) is 4.35. The minimum absolute atomic E-state index is 0.244. The Morgan fingerprint density at radius 1 is 0.333 bits per heavy atom. The number of para-hydroxylation sites is 2. The number of carbonyl (C=O) groups is 2. The topological polar surface area (TPSA) is 85.9 Å². The third-order valence-electron chi connectivity index (χ3n) is 6.65. The molecule has 45 heavy (non-hydrogen) atoms. The minimum atomic E-state index is -0.244. The first-order valence-corrected chi connectivity index (χ1v) is 14.2. The third-order valence-corrected chi connectivity index (χ3v) is 6.65. The third kappa shape index (κ3) is 7.94. The smallest absolute Gasteiger partial charge is 0.255 e. The predicted molar refractivity (Wildman–Crippen MR) is 175 cm³/mol. The molecule has 0 atom stereocenters. The number of anilines is 2. The molecule has 0 radical (unpaired) electrons. The van der Waals surface area contributed by atoms with Crippen LogP contribution in [0.15, 0.2) is 158 Å². The molecule has 220 valence electrons. The van der Waals surface area contributed by atoms with Gasteiger partial charge in [-0.1, -0.05) is 36.4 Å². The normalized spacial score (nSPS) is 10.4. The monoisotopic (exact) mass is 592 g/mol. The zero-order valence-corrected chi connectivity index (χ0v) is 24.1. The second kappa shape index (κ2) is 13.8. The van der Waals surface area contributed by atoms with Crippen molar-refractivity contribution < 1.29 is 23.8 Å². The van der Waals surface area contributed by atoms with E-state index in [9.17, 15) is 9.59 Å². The van der Waals surface area contributed by atoms with Crippen molar-refractivity contribution in [1.82, 2.24) is 0 Å². The van der Waals surface area contributed by atoms with Crippen molar-refractivity contribution in [3.05, 3.63) is 169 Å². The van der Waals surface area contributed by atoms with Gasteiger partial charge in [-0.25, -0.2) is 0 Å². The average Bonchev–Trinajstić information content (AvgIpc) is 3.08. The van der Waals surface area contributed by atoms with Crippen LogP contribution < -0.4 is 24.8 Å². The SMILES string of the molecule is O=C(Nc1ccc(Oc2ccccc2)cc1)c1ccc(Oc2ccc(C(=O)Nc3ccc(Oc4ccccc4)cc3)cc2)cc1. The number of hydrogen-bond acceptors (Lipinski definition) is 5. The van der Waals surface area contributed by atoms with E-state index in [1.165, 1.54) is 0 Å². The predicted octanol–water partition coefficient (Wildman–Crippen LogP) is 9.57. The molecular formula is C38H28N2O5. The van der Waals surface area contributed by atoms with Gasteiger partial charge in [0.05, 0.1) is 0 Å². The van der Waals surface area contributed by atoms with Crippen LogP contribution in [0.5, 0.6) is 34.5 Å². The minimum Gasteiger partial charge on any atom is -0.457 e. The van der Waals surface area contributed by atoms with Gasteiger partial charge in [0.15, 0.2) is 0 Å². The van der Waals surface area contributed by atoms with Crippen LogP contribution in [0.1, 0.15) is 20.7 Å². The van der Waals surface area contributed by atoms with E-state index >= 15 is 0 Å². The summed E-state index contributed by atoms with van der Waals surface area (Å²) in [4.78, 5) is 25.5. The number of hydrogen-bond donors (Lipinski definition) is 2. The highest BCUT2D eigenvalue weighted by atomic mass is 16.5. The van der Waals surface area contributed by atoms with Crippen LogP contribution in [0.4, 0.5) is 11.4 Å². The Morgan fingerprint density at radius 2 is 0.600 bits per heavy atom. The second-order valence-electron chi connectivity index (χ2n) is 9.94. The van der Waals surface area contributed by atoms with Crippen LogP contribution in [-0.2, 0) is 0 Å². The Kier molecular flexibility index (Phi) is 8.79. The molecule has 0 aromatic heterocycles. The van der Waals surface area contributed by atoms with Gasteiger partial charge in [0.1, 0.15) is 34.5 Å². The standard InChI is InChI=1S/C38H28N2O5/c41-37(39-29-15-23-35(24-16-29)43-31-7-3-1-4-8-31)27-11-19-33(20-12-27)45-34-21-13-28(14-22-34)38(42)40-30-17-25-36(26-18-30)44-32-9-5-2-6-10-32/h1-26H,(H,39,41)(H,40,42). The summed E-state index contributed by atoms with van der Waals surface area (Å²) in [6.07, 6.45) is 0. The molecule has 0 aliphatic rings.